The quantitative estimate of drug-likeness (QED) is 0.731. The van der Waals surface area contributed by atoms with Crippen molar-refractivity contribution in [3.8, 4) is 0 Å². The Morgan fingerprint density at radius 3 is 2.62 bits per heavy atom. The van der Waals surface area contributed by atoms with Crippen LogP contribution in [0.25, 0.3) is 5.57 Å². The zero-order valence-corrected chi connectivity index (χ0v) is 18.3. The Morgan fingerprint density at radius 2 is 1.84 bits per heavy atom. The van der Waals surface area contributed by atoms with E-state index in [1.165, 1.54) is 31.3 Å². The molecule has 0 saturated heterocycles. The fourth-order valence-electron chi connectivity index (χ4n) is 5.14. The topological polar surface area (TPSA) is 74.3 Å². The molecule has 6 heteroatoms. The van der Waals surface area contributed by atoms with Crippen LogP contribution in [-0.4, -0.2) is 34.3 Å². The Bertz CT molecular complexity index is 999. The van der Waals surface area contributed by atoms with E-state index in [2.05, 4.69) is 21.7 Å². The van der Waals surface area contributed by atoms with Crippen molar-refractivity contribution in [3.63, 3.8) is 0 Å². The van der Waals surface area contributed by atoms with Crippen LogP contribution in [0.2, 0.25) is 0 Å². The van der Waals surface area contributed by atoms with Crippen LogP contribution >= 0.6 is 0 Å². The number of ketones is 1. The van der Waals surface area contributed by atoms with Crippen molar-refractivity contribution in [1.29, 1.82) is 0 Å². The third-order valence-electron chi connectivity index (χ3n) is 7.01. The molecule has 166 valence electrons. The van der Waals surface area contributed by atoms with Gasteiger partial charge >= 0.3 is 6.03 Å². The van der Waals surface area contributed by atoms with Gasteiger partial charge in [0.05, 0.1) is 6.04 Å². The third-order valence-corrected chi connectivity index (χ3v) is 7.01. The number of nitrogens with one attached hydrogen (secondary N) is 2. The van der Waals surface area contributed by atoms with Gasteiger partial charge in [0.15, 0.2) is 0 Å². The van der Waals surface area contributed by atoms with Gasteiger partial charge in [-0.2, -0.15) is 0 Å². The molecule has 3 aliphatic rings. The van der Waals surface area contributed by atoms with Crippen LogP contribution in [0.3, 0.4) is 0 Å². The molecular weight excluding hydrogens is 400 g/mol. The summed E-state index contributed by atoms with van der Waals surface area (Å²) in [7, 11) is 0. The van der Waals surface area contributed by atoms with Crippen LogP contribution in [0.15, 0.2) is 48.8 Å². The van der Waals surface area contributed by atoms with Crippen LogP contribution in [-0.2, 0) is 17.9 Å². The van der Waals surface area contributed by atoms with Crippen LogP contribution in [0.5, 0.6) is 0 Å². The molecule has 1 unspecified atom stereocenters. The van der Waals surface area contributed by atoms with Crippen molar-refractivity contribution in [2.75, 3.05) is 11.9 Å². The molecule has 1 fully saturated rings. The largest absolute Gasteiger partial charge is 0.322 e. The summed E-state index contributed by atoms with van der Waals surface area (Å²) in [4.78, 5) is 31.4. The Balaban J connectivity index is 1.17. The highest BCUT2D eigenvalue weighted by Crippen LogP contribution is 2.30. The second kappa shape index (κ2) is 9.25. The van der Waals surface area contributed by atoms with Crippen LogP contribution in [0.1, 0.15) is 55.2 Å². The number of amides is 2. The number of aromatic nitrogens is 1. The summed E-state index contributed by atoms with van der Waals surface area (Å²) in [6, 6.07) is 9.73. The van der Waals surface area contributed by atoms with Crippen molar-refractivity contribution < 1.29 is 9.59 Å². The number of nitrogens with zero attached hydrogens (tertiary/aromatic N) is 2. The first-order chi connectivity index (χ1) is 15.7. The van der Waals surface area contributed by atoms with Gasteiger partial charge < -0.3 is 15.5 Å². The number of hydrogen-bond acceptors (Lipinski definition) is 4. The molecule has 1 aliphatic carbocycles. The van der Waals surface area contributed by atoms with Gasteiger partial charge in [0, 0.05) is 44.1 Å². The average Bonchev–Trinajstić information content (AvgIpc) is 3.49. The Labute approximate surface area is 189 Å². The van der Waals surface area contributed by atoms with E-state index < -0.39 is 0 Å². The summed E-state index contributed by atoms with van der Waals surface area (Å²) < 4.78 is 0. The number of pyridine rings is 1. The molecule has 2 amide bonds. The van der Waals surface area contributed by atoms with E-state index in [1.54, 1.807) is 11.1 Å². The molecule has 2 aromatic rings. The number of carbonyl (C=O) groups is 2. The average molecular weight is 431 g/mol. The molecule has 0 radical (unpaired) electrons. The minimum Gasteiger partial charge on any atom is -0.316 e. The summed E-state index contributed by atoms with van der Waals surface area (Å²) in [5.41, 5.74) is 5.35. The molecule has 0 spiro atoms. The van der Waals surface area contributed by atoms with E-state index in [9.17, 15) is 9.59 Å². The summed E-state index contributed by atoms with van der Waals surface area (Å²) >= 11 is 0. The molecule has 6 nitrogen and oxygen atoms in total. The number of carbonyl (C=O) groups excluding carboxylic acids is 2. The van der Waals surface area contributed by atoms with E-state index in [1.807, 2.05) is 36.5 Å². The highest BCUT2D eigenvalue weighted by Gasteiger charge is 2.27. The van der Waals surface area contributed by atoms with E-state index in [0.29, 0.717) is 31.2 Å². The monoisotopic (exact) mass is 430 g/mol. The number of anilines is 1. The van der Waals surface area contributed by atoms with Gasteiger partial charge in [-0.05, 0) is 52.8 Å². The number of benzene rings is 1. The summed E-state index contributed by atoms with van der Waals surface area (Å²) in [6.45, 7) is 1.92. The standard InChI is InChI=1S/C26H30N4O2/c31-25(13-18-3-1-2-4-18)24-14-20(10-12-28-24)19-5-7-23(8-6-19)29-26(32)30-16-21-9-11-27-15-22(21)17-30/h5-11,15,18,24,28H,1-4,12-14,16-17H2,(H,29,32). The summed E-state index contributed by atoms with van der Waals surface area (Å²) in [5.74, 6) is 0.939. The predicted molar refractivity (Wildman–Crippen MR) is 125 cm³/mol. The molecule has 2 N–H and O–H groups in total. The first kappa shape index (κ1) is 20.9. The molecule has 3 heterocycles. The molecule has 2 aliphatic heterocycles. The molecule has 32 heavy (non-hydrogen) atoms. The van der Waals surface area contributed by atoms with Crippen molar-refractivity contribution in [2.45, 2.75) is 57.7 Å². The first-order valence-corrected chi connectivity index (χ1v) is 11.7. The lowest BCUT2D eigenvalue weighted by molar-refractivity contribution is -0.121. The molecule has 1 atom stereocenters. The Morgan fingerprint density at radius 1 is 1.06 bits per heavy atom. The molecular formula is C26H30N4O2. The lowest BCUT2D eigenvalue weighted by atomic mass is 9.89. The van der Waals surface area contributed by atoms with E-state index in [4.69, 9.17) is 0 Å². The zero-order valence-electron chi connectivity index (χ0n) is 18.3. The molecule has 1 aromatic heterocycles. The molecule has 1 aromatic carbocycles. The minimum absolute atomic E-state index is 0.0822. The second-order valence-electron chi connectivity index (χ2n) is 9.22. The smallest absolute Gasteiger partial charge is 0.316 e. The van der Waals surface area contributed by atoms with Gasteiger partial charge in [0.1, 0.15) is 5.78 Å². The Hall–Kier alpha value is -2.99. The van der Waals surface area contributed by atoms with Gasteiger partial charge in [0.25, 0.3) is 0 Å². The van der Waals surface area contributed by atoms with Crippen LogP contribution in [0, 0.1) is 5.92 Å². The normalized spacial score (nSPS) is 20.7. The van der Waals surface area contributed by atoms with Gasteiger partial charge in [-0.15, -0.1) is 0 Å². The summed E-state index contributed by atoms with van der Waals surface area (Å²) in [5, 5.41) is 6.37. The SMILES string of the molecule is O=C(CC1CCCC1)C1CC(c2ccc(NC(=O)N3Cc4ccncc4C3)cc2)=CCN1. The van der Waals surface area contributed by atoms with Crippen LogP contribution < -0.4 is 10.6 Å². The van der Waals surface area contributed by atoms with Crippen molar-refractivity contribution in [1.82, 2.24) is 15.2 Å². The number of fused-ring (bicyclic) bond motifs is 1. The van der Waals surface area contributed by atoms with E-state index in [-0.39, 0.29) is 12.1 Å². The molecule has 5 rings (SSSR count). The second-order valence-corrected chi connectivity index (χ2v) is 9.22. The van der Waals surface area contributed by atoms with Crippen molar-refractivity contribution >= 4 is 23.1 Å². The number of rotatable bonds is 5. The predicted octanol–water partition coefficient (Wildman–Crippen LogP) is 4.52. The number of Topliss-reactive ketones (excluding diaryl/α,β-unsaturated/α-hetero) is 1. The van der Waals surface area contributed by atoms with Crippen molar-refractivity contribution in [2.24, 2.45) is 5.92 Å². The number of hydrogen-bond donors (Lipinski definition) is 2. The fraction of sp³-hybridized carbons (Fsp3) is 0.423. The summed E-state index contributed by atoms with van der Waals surface area (Å²) in [6.07, 6.45) is 12.2. The maximum absolute atomic E-state index is 12.8. The first-order valence-electron chi connectivity index (χ1n) is 11.7. The molecule has 1 saturated carbocycles. The number of urea groups is 1. The highest BCUT2D eigenvalue weighted by atomic mass is 16.2. The van der Waals surface area contributed by atoms with E-state index in [0.717, 1.165) is 35.3 Å². The van der Waals surface area contributed by atoms with E-state index >= 15 is 0 Å². The third kappa shape index (κ3) is 4.60. The van der Waals surface area contributed by atoms with Crippen LogP contribution in [0.4, 0.5) is 10.5 Å². The Kier molecular flexibility index (Phi) is 6.04. The fourth-order valence-corrected chi connectivity index (χ4v) is 5.14. The van der Waals surface area contributed by atoms with Gasteiger partial charge in [0.2, 0.25) is 0 Å². The van der Waals surface area contributed by atoms with Gasteiger partial charge in [-0.1, -0.05) is 43.9 Å². The zero-order chi connectivity index (χ0) is 21.9. The maximum Gasteiger partial charge on any atom is 0.322 e. The molecule has 0 bridgehead atoms. The van der Waals surface area contributed by atoms with Crippen molar-refractivity contribution in [3.05, 3.63) is 65.5 Å². The van der Waals surface area contributed by atoms with Gasteiger partial charge in [-0.3, -0.25) is 9.78 Å². The lowest BCUT2D eigenvalue weighted by Crippen LogP contribution is -2.40. The van der Waals surface area contributed by atoms with Gasteiger partial charge in [-0.25, -0.2) is 4.79 Å². The highest BCUT2D eigenvalue weighted by molar-refractivity contribution is 5.90. The minimum atomic E-state index is -0.104. The lowest BCUT2D eigenvalue weighted by Gasteiger charge is -2.25. The maximum atomic E-state index is 12.8.